The van der Waals surface area contributed by atoms with Crippen LogP contribution in [0.2, 0.25) is 10.0 Å². The van der Waals surface area contributed by atoms with E-state index in [9.17, 15) is 9.59 Å². The minimum atomic E-state index is -0.544. The number of amides is 2. The highest BCUT2D eigenvalue weighted by Crippen LogP contribution is 2.24. The Hall–Kier alpha value is -2.04. The predicted octanol–water partition coefficient (Wildman–Crippen LogP) is 5.26. The van der Waals surface area contributed by atoms with Crippen LogP contribution >= 0.6 is 23.2 Å². The lowest BCUT2D eigenvalue weighted by Gasteiger charge is -2.31. The lowest BCUT2D eigenvalue weighted by atomic mass is 10.1. The van der Waals surface area contributed by atoms with Gasteiger partial charge in [0.25, 0.3) is 0 Å². The number of benzene rings is 2. The predicted molar refractivity (Wildman–Crippen MR) is 119 cm³/mol. The van der Waals surface area contributed by atoms with Gasteiger partial charge in [0.2, 0.25) is 11.8 Å². The van der Waals surface area contributed by atoms with Crippen molar-refractivity contribution in [1.29, 1.82) is 0 Å². The molecule has 0 saturated heterocycles. The van der Waals surface area contributed by atoms with Gasteiger partial charge in [-0.05, 0) is 36.1 Å². The van der Waals surface area contributed by atoms with Crippen LogP contribution in [0.5, 0.6) is 0 Å². The molecule has 0 aliphatic carbocycles. The Kier molecular flexibility index (Phi) is 9.49. The van der Waals surface area contributed by atoms with Gasteiger partial charge < -0.3 is 10.2 Å². The molecule has 29 heavy (non-hydrogen) atoms. The molecular formula is C23H28Cl2N2O2. The van der Waals surface area contributed by atoms with E-state index in [-0.39, 0.29) is 18.2 Å². The monoisotopic (exact) mass is 434 g/mol. The van der Waals surface area contributed by atoms with Crippen molar-refractivity contribution >= 4 is 35.0 Å². The average Bonchev–Trinajstić information content (AvgIpc) is 2.71. The number of carbonyl (C=O) groups excluding carboxylic acids is 2. The highest BCUT2D eigenvalue weighted by molar-refractivity contribution is 6.42. The van der Waals surface area contributed by atoms with E-state index in [0.717, 1.165) is 24.0 Å². The van der Waals surface area contributed by atoms with Crippen LogP contribution in [0.3, 0.4) is 0 Å². The molecule has 0 aromatic heterocycles. The molecule has 0 spiro atoms. The van der Waals surface area contributed by atoms with Crippen LogP contribution in [0.15, 0.2) is 48.5 Å². The zero-order valence-electron chi connectivity index (χ0n) is 17.0. The lowest BCUT2D eigenvalue weighted by molar-refractivity contribution is -0.140. The van der Waals surface area contributed by atoms with Crippen LogP contribution in [0.4, 0.5) is 0 Å². The SMILES string of the molecule is CCCCNC(=O)C(CC)N(Cc1ccc(Cl)c(Cl)c1)C(=O)Cc1ccccc1. The Bertz CT molecular complexity index is 812. The minimum Gasteiger partial charge on any atom is -0.354 e. The topological polar surface area (TPSA) is 49.4 Å². The van der Waals surface area contributed by atoms with Crippen molar-refractivity contribution in [3.8, 4) is 0 Å². The van der Waals surface area contributed by atoms with Crippen LogP contribution in [0.25, 0.3) is 0 Å². The zero-order chi connectivity index (χ0) is 21.2. The van der Waals surface area contributed by atoms with Gasteiger partial charge in [-0.2, -0.15) is 0 Å². The third kappa shape index (κ3) is 7.06. The molecule has 0 radical (unpaired) electrons. The fourth-order valence-electron chi connectivity index (χ4n) is 3.13. The molecule has 156 valence electrons. The lowest BCUT2D eigenvalue weighted by Crippen LogP contribution is -2.49. The maximum absolute atomic E-state index is 13.2. The van der Waals surface area contributed by atoms with Gasteiger partial charge in [-0.25, -0.2) is 0 Å². The van der Waals surface area contributed by atoms with Crippen molar-refractivity contribution in [3.05, 3.63) is 69.7 Å². The molecule has 1 unspecified atom stereocenters. The van der Waals surface area contributed by atoms with Gasteiger partial charge in [0.1, 0.15) is 6.04 Å². The van der Waals surface area contributed by atoms with Crippen molar-refractivity contribution < 1.29 is 9.59 Å². The summed E-state index contributed by atoms with van der Waals surface area (Å²) in [6.45, 7) is 4.90. The largest absolute Gasteiger partial charge is 0.354 e. The van der Waals surface area contributed by atoms with Crippen molar-refractivity contribution in [2.45, 2.75) is 52.1 Å². The van der Waals surface area contributed by atoms with E-state index in [1.807, 2.05) is 43.3 Å². The number of hydrogen-bond donors (Lipinski definition) is 1. The van der Waals surface area contributed by atoms with Crippen LogP contribution in [0, 0.1) is 0 Å². The first-order valence-corrected chi connectivity index (χ1v) is 10.8. The average molecular weight is 435 g/mol. The summed E-state index contributed by atoms with van der Waals surface area (Å²) < 4.78 is 0. The first-order valence-electron chi connectivity index (χ1n) is 10.0. The minimum absolute atomic E-state index is 0.0974. The molecule has 0 bridgehead atoms. The van der Waals surface area contributed by atoms with E-state index in [0.29, 0.717) is 29.6 Å². The molecule has 4 nitrogen and oxygen atoms in total. The molecule has 1 N–H and O–H groups in total. The van der Waals surface area contributed by atoms with Crippen molar-refractivity contribution in [1.82, 2.24) is 10.2 Å². The molecule has 2 amide bonds. The Morgan fingerprint density at radius 1 is 1.00 bits per heavy atom. The molecule has 0 heterocycles. The van der Waals surface area contributed by atoms with E-state index >= 15 is 0 Å². The maximum Gasteiger partial charge on any atom is 0.242 e. The van der Waals surface area contributed by atoms with Crippen LogP contribution < -0.4 is 5.32 Å². The molecular weight excluding hydrogens is 407 g/mol. The number of nitrogens with one attached hydrogen (secondary N) is 1. The molecule has 2 aromatic carbocycles. The van der Waals surface area contributed by atoms with Gasteiger partial charge in [-0.15, -0.1) is 0 Å². The van der Waals surface area contributed by atoms with E-state index in [2.05, 4.69) is 12.2 Å². The van der Waals surface area contributed by atoms with Gasteiger partial charge in [0, 0.05) is 13.1 Å². The third-order valence-corrected chi connectivity index (χ3v) is 5.49. The Labute approximate surface area is 183 Å². The highest BCUT2D eigenvalue weighted by atomic mass is 35.5. The summed E-state index contributed by atoms with van der Waals surface area (Å²) in [5, 5.41) is 3.85. The Balaban J connectivity index is 2.25. The number of rotatable bonds is 10. The molecule has 2 aromatic rings. The van der Waals surface area contributed by atoms with Crippen LogP contribution in [-0.4, -0.2) is 29.3 Å². The molecule has 0 aliphatic rings. The van der Waals surface area contributed by atoms with Gasteiger partial charge in [-0.1, -0.05) is 79.9 Å². The number of unbranched alkanes of at least 4 members (excludes halogenated alkanes) is 1. The number of nitrogens with zero attached hydrogens (tertiary/aromatic N) is 1. The Morgan fingerprint density at radius 3 is 2.34 bits per heavy atom. The second kappa shape index (κ2) is 11.8. The molecule has 0 saturated carbocycles. The second-order valence-corrected chi connectivity index (χ2v) is 7.82. The summed E-state index contributed by atoms with van der Waals surface area (Å²) in [4.78, 5) is 27.6. The second-order valence-electron chi connectivity index (χ2n) is 7.00. The Morgan fingerprint density at radius 2 is 1.72 bits per heavy atom. The zero-order valence-corrected chi connectivity index (χ0v) is 18.5. The van der Waals surface area contributed by atoms with Gasteiger partial charge in [-0.3, -0.25) is 9.59 Å². The summed E-state index contributed by atoms with van der Waals surface area (Å²) in [6, 6.07) is 14.3. The van der Waals surface area contributed by atoms with Gasteiger partial charge in [0.15, 0.2) is 0 Å². The summed E-state index contributed by atoms with van der Waals surface area (Å²) in [7, 11) is 0. The molecule has 1 atom stereocenters. The number of hydrogen-bond acceptors (Lipinski definition) is 2. The summed E-state index contributed by atoms with van der Waals surface area (Å²) in [6.07, 6.45) is 2.67. The smallest absolute Gasteiger partial charge is 0.242 e. The summed E-state index contributed by atoms with van der Waals surface area (Å²) in [5.41, 5.74) is 1.75. The van der Waals surface area contributed by atoms with E-state index in [1.165, 1.54) is 0 Å². The molecule has 2 rings (SSSR count). The van der Waals surface area contributed by atoms with Crippen LogP contribution in [-0.2, 0) is 22.6 Å². The molecule has 6 heteroatoms. The summed E-state index contributed by atoms with van der Waals surface area (Å²) >= 11 is 12.2. The highest BCUT2D eigenvalue weighted by Gasteiger charge is 2.28. The maximum atomic E-state index is 13.2. The number of halogens is 2. The fraction of sp³-hybridized carbons (Fsp3) is 0.391. The van der Waals surface area contributed by atoms with Crippen molar-refractivity contribution in [2.75, 3.05) is 6.54 Å². The van der Waals surface area contributed by atoms with Crippen LogP contribution in [0.1, 0.15) is 44.2 Å². The van der Waals surface area contributed by atoms with Gasteiger partial charge >= 0.3 is 0 Å². The quantitative estimate of drug-likeness (QED) is 0.518. The first kappa shape index (κ1) is 23.2. The van der Waals surface area contributed by atoms with Crippen molar-refractivity contribution in [2.24, 2.45) is 0 Å². The van der Waals surface area contributed by atoms with E-state index < -0.39 is 6.04 Å². The fourth-order valence-corrected chi connectivity index (χ4v) is 3.45. The van der Waals surface area contributed by atoms with Crippen molar-refractivity contribution in [3.63, 3.8) is 0 Å². The number of carbonyl (C=O) groups is 2. The normalized spacial score (nSPS) is 11.7. The van der Waals surface area contributed by atoms with Gasteiger partial charge in [0.05, 0.1) is 16.5 Å². The first-order chi connectivity index (χ1) is 14.0. The molecule has 0 aliphatic heterocycles. The third-order valence-electron chi connectivity index (χ3n) is 4.75. The van der Waals surface area contributed by atoms with E-state index in [1.54, 1.807) is 17.0 Å². The molecule has 0 fully saturated rings. The van der Waals surface area contributed by atoms with E-state index in [4.69, 9.17) is 23.2 Å². The standard InChI is InChI=1S/C23H28Cl2N2O2/c1-3-5-13-26-23(29)21(4-2)27(16-18-11-12-19(24)20(25)14-18)22(28)15-17-9-7-6-8-10-17/h6-12,14,21H,3-5,13,15-16H2,1-2H3,(H,26,29). The summed E-state index contributed by atoms with van der Waals surface area (Å²) in [5.74, 6) is -0.220.